The Bertz CT molecular complexity index is 1290. The second kappa shape index (κ2) is 10.6. The summed E-state index contributed by atoms with van der Waals surface area (Å²) in [5, 5.41) is 2.86. The van der Waals surface area contributed by atoms with Gasteiger partial charge in [0.15, 0.2) is 0 Å². The number of hydrogen-bond donors (Lipinski definition) is 2. The minimum absolute atomic E-state index is 0.129. The lowest BCUT2D eigenvalue weighted by atomic mass is 10.1. The van der Waals surface area contributed by atoms with Crippen molar-refractivity contribution in [3.05, 3.63) is 89.2 Å². The van der Waals surface area contributed by atoms with Gasteiger partial charge in [0.05, 0.1) is 10.6 Å². The molecule has 2 N–H and O–H groups in total. The Hall–Kier alpha value is -2.88. The molecule has 1 saturated heterocycles. The van der Waals surface area contributed by atoms with E-state index in [0.29, 0.717) is 5.69 Å². The van der Waals surface area contributed by atoms with Crippen molar-refractivity contribution in [2.75, 3.05) is 34.6 Å². The van der Waals surface area contributed by atoms with Gasteiger partial charge in [0, 0.05) is 42.4 Å². The highest BCUT2D eigenvalue weighted by molar-refractivity contribution is 7.99. The van der Waals surface area contributed by atoms with Gasteiger partial charge in [-0.15, -0.1) is 0 Å². The molecule has 1 aliphatic heterocycles. The third kappa shape index (κ3) is 5.97. The van der Waals surface area contributed by atoms with E-state index in [1.165, 1.54) is 54.1 Å². The molecule has 1 fully saturated rings. The highest BCUT2D eigenvalue weighted by atomic mass is 32.2. The van der Waals surface area contributed by atoms with Gasteiger partial charge in [-0.05, 0) is 54.4 Å². The number of benzene rings is 3. The van der Waals surface area contributed by atoms with Crippen LogP contribution in [-0.2, 0) is 16.6 Å². The molecule has 9 heteroatoms. The fourth-order valence-electron chi connectivity index (χ4n) is 3.73. The molecular formula is C25H26FN3O3S2. The Kier molecular flexibility index (Phi) is 7.55. The van der Waals surface area contributed by atoms with Gasteiger partial charge in [0.25, 0.3) is 15.9 Å². The Morgan fingerprint density at radius 3 is 2.50 bits per heavy atom. The molecule has 3 aromatic carbocycles. The summed E-state index contributed by atoms with van der Waals surface area (Å²) in [6, 6.07) is 17.1. The molecule has 0 atom stereocenters. The number of hydrogen-bond acceptors (Lipinski definition) is 5. The van der Waals surface area contributed by atoms with E-state index in [1.807, 2.05) is 30.8 Å². The van der Waals surface area contributed by atoms with E-state index >= 15 is 0 Å². The fourth-order valence-corrected chi connectivity index (χ4v) is 5.82. The van der Waals surface area contributed by atoms with Crippen molar-refractivity contribution in [3.8, 4) is 0 Å². The van der Waals surface area contributed by atoms with Crippen molar-refractivity contribution in [1.29, 1.82) is 0 Å². The molecule has 1 aliphatic rings. The summed E-state index contributed by atoms with van der Waals surface area (Å²) in [6.07, 6.45) is 0. The second-order valence-corrected chi connectivity index (χ2v) is 11.0. The number of thioether (sulfide) groups is 1. The molecule has 34 heavy (non-hydrogen) atoms. The Balaban J connectivity index is 1.46. The second-order valence-electron chi connectivity index (χ2n) is 8.11. The molecule has 0 aromatic heterocycles. The van der Waals surface area contributed by atoms with Crippen LogP contribution in [0.2, 0.25) is 0 Å². The van der Waals surface area contributed by atoms with E-state index in [1.54, 1.807) is 0 Å². The monoisotopic (exact) mass is 499 g/mol. The smallest absolute Gasteiger partial charge is 0.262 e. The van der Waals surface area contributed by atoms with Gasteiger partial charge in [-0.3, -0.25) is 14.4 Å². The highest BCUT2D eigenvalue weighted by Gasteiger charge is 2.19. The summed E-state index contributed by atoms with van der Waals surface area (Å²) >= 11 is 1.98. The highest BCUT2D eigenvalue weighted by Crippen LogP contribution is 2.22. The number of amides is 1. The number of para-hydroxylation sites is 1. The van der Waals surface area contributed by atoms with Crippen molar-refractivity contribution in [1.82, 2.24) is 4.90 Å². The molecule has 0 spiro atoms. The van der Waals surface area contributed by atoms with E-state index in [9.17, 15) is 17.6 Å². The van der Waals surface area contributed by atoms with Crippen LogP contribution in [0.5, 0.6) is 0 Å². The number of rotatable bonds is 7. The lowest BCUT2D eigenvalue weighted by Gasteiger charge is -2.26. The summed E-state index contributed by atoms with van der Waals surface area (Å²) < 4.78 is 41.6. The molecule has 3 aromatic rings. The largest absolute Gasteiger partial charge is 0.322 e. The van der Waals surface area contributed by atoms with Crippen molar-refractivity contribution < 1.29 is 17.6 Å². The first kappa shape index (κ1) is 24.3. The van der Waals surface area contributed by atoms with Crippen LogP contribution in [0, 0.1) is 12.7 Å². The van der Waals surface area contributed by atoms with Crippen LogP contribution >= 0.6 is 11.8 Å². The van der Waals surface area contributed by atoms with Crippen LogP contribution in [0.4, 0.5) is 15.8 Å². The van der Waals surface area contributed by atoms with Gasteiger partial charge in [-0.25, -0.2) is 12.8 Å². The summed E-state index contributed by atoms with van der Waals surface area (Å²) in [7, 11) is -4.07. The molecule has 1 heterocycles. The van der Waals surface area contributed by atoms with Gasteiger partial charge < -0.3 is 5.32 Å². The molecule has 0 saturated carbocycles. The van der Waals surface area contributed by atoms with Crippen LogP contribution in [0.3, 0.4) is 0 Å². The Morgan fingerprint density at radius 2 is 1.76 bits per heavy atom. The van der Waals surface area contributed by atoms with Gasteiger partial charge in [0.2, 0.25) is 0 Å². The first-order valence-electron chi connectivity index (χ1n) is 10.9. The standard InChI is InChI=1S/C25H26FN3O3S2/c1-18-15-19(17-29-11-13-33-14-12-29)9-10-23(18)27-25(30)20-5-4-6-21(16-20)34(31,32)28-24-8-3-2-7-22(24)26/h2-10,15-16,28H,11-14,17H2,1H3,(H,27,30). The van der Waals surface area contributed by atoms with E-state index in [2.05, 4.69) is 21.0 Å². The van der Waals surface area contributed by atoms with E-state index in [4.69, 9.17) is 0 Å². The lowest BCUT2D eigenvalue weighted by molar-refractivity contribution is 0.102. The zero-order chi connectivity index (χ0) is 24.1. The maximum atomic E-state index is 13.9. The van der Waals surface area contributed by atoms with Crippen molar-refractivity contribution in [2.45, 2.75) is 18.4 Å². The first-order valence-corrected chi connectivity index (χ1v) is 13.5. The average Bonchev–Trinajstić information content (AvgIpc) is 2.83. The van der Waals surface area contributed by atoms with Crippen molar-refractivity contribution in [2.24, 2.45) is 0 Å². The summed E-state index contributed by atoms with van der Waals surface area (Å²) in [4.78, 5) is 15.2. The fraction of sp³-hybridized carbons (Fsp3) is 0.240. The van der Waals surface area contributed by atoms with Gasteiger partial charge in [-0.2, -0.15) is 11.8 Å². The van der Waals surface area contributed by atoms with Crippen LogP contribution in [0.1, 0.15) is 21.5 Å². The third-order valence-corrected chi connectivity index (χ3v) is 7.88. The zero-order valence-electron chi connectivity index (χ0n) is 18.8. The van der Waals surface area contributed by atoms with Crippen molar-refractivity contribution >= 4 is 39.1 Å². The van der Waals surface area contributed by atoms with Crippen molar-refractivity contribution in [3.63, 3.8) is 0 Å². The van der Waals surface area contributed by atoms with E-state index < -0.39 is 21.7 Å². The maximum absolute atomic E-state index is 13.9. The average molecular weight is 500 g/mol. The predicted molar refractivity (Wildman–Crippen MR) is 135 cm³/mol. The number of carbonyl (C=O) groups is 1. The van der Waals surface area contributed by atoms with Crippen LogP contribution in [0.15, 0.2) is 71.6 Å². The Morgan fingerprint density at radius 1 is 1.00 bits per heavy atom. The van der Waals surface area contributed by atoms with Gasteiger partial charge >= 0.3 is 0 Å². The Labute approximate surface area is 203 Å². The van der Waals surface area contributed by atoms with Crippen LogP contribution in [0.25, 0.3) is 0 Å². The molecule has 0 radical (unpaired) electrons. The molecule has 1 amide bonds. The minimum Gasteiger partial charge on any atom is -0.322 e. The number of aryl methyl sites for hydroxylation is 1. The maximum Gasteiger partial charge on any atom is 0.262 e. The quantitative estimate of drug-likeness (QED) is 0.491. The molecular weight excluding hydrogens is 473 g/mol. The number of nitrogens with zero attached hydrogens (tertiary/aromatic N) is 1. The minimum atomic E-state index is -4.07. The number of halogens is 1. The van der Waals surface area contributed by atoms with Gasteiger partial charge in [-0.1, -0.05) is 30.3 Å². The number of carbonyl (C=O) groups excluding carboxylic acids is 1. The number of sulfonamides is 1. The number of anilines is 2. The molecule has 6 nitrogen and oxygen atoms in total. The van der Waals surface area contributed by atoms with Crippen LogP contribution < -0.4 is 10.0 Å². The molecule has 0 aliphatic carbocycles. The predicted octanol–water partition coefficient (Wildman–Crippen LogP) is 4.74. The third-order valence-electron chi connectivity index (χ3n) is 5.57. The molecule has 178 valence electrons. The molecule has 0 bridgehead atoms. The topological polar surface area (TPSA) is 78.5 Å². The summed E-state index contributed by atoms with van der Waals surface area (Å²) in [5.74, 6) is 1.19. The normalized spacial score (nSPS) is 14.5. The first-order chi connectivity index (χ1) is 16.3. The zero-order valence-corrected chi connectivity index (χ0v) is 20.4. The van der Waals surface area contributed by atoms with E-state index in [-0.39, 0.29) is 16.1 Å². The SMILES string of the molecule is Cc1cc(CN2CCSCC2)ccc1NC(=O)c1cccc(S(=O)(=O)Nc2ccccc2F)c1. The van der Waals surface area contributed by atoms with Crippen LogP contribution in [-0.4, -0.2) is 43.8 Å². The van der Waals surface area contributed by atoms with E-state index in [0.717, 1.165) is 36.7 Å². The molecule has 0 unspecified atom stereocenters. The molecule has 4 rings (SSSR count). The van der Waals surface area contributed by atoms with Gasteiger partial charge in [0.1, 0.15) is 5.82 Å². The lowest BCUT2D eigenvalue weighted by Crippen LogP contribution is -2.31. The summed E-state index contributed by atoms with van der Waals surface area (Å²) in [5.41, 5.74) is 2.82. The number of nitrogens with one attached hydrogen (secondary N) is 2. The summed E-state index contributed by atoms with van der Waals surface area (Å²) in [6.45, 7) is 4.97.